The zero-order chi connectivity index (χ0) is 13.2. The van der Waals surface area contributed by atoms with Gasteiger partial charge in [-0.3, -0.25) is 0 Å². The van der Waals surface area contributed by atoms with Crippen molar-refractivity contribution in [3.8, 4) is 0 Å². The number of hydrogen-bond donors (Lipinski definition) is 1. The zero-order valence-corrected chi connectivity index (χ0v) is 12.4. The molecule has 2 aromatic carbocycles. The predicted octanol–water partition coefficient (Wildman–Crippen LogP) is 4.56. The summed E-state index contributed by atoms with van der Waals surface area (Å²) in [6, 6.07) is 13.9. The van der Waals surface area contributed by atoms with Crippen LogP contribution in [0, 0.1) is 0 Å². The monoisotopic (exact) mass is 306 g/mol. The van der Waals surface area contributed by atoms with Gasteiger partial charge in [-0.05, 0) is 29.8 Å². The molecule has 2 nitrogen and oxygen atoms in total. The molecule has 0 aliphatic carbocycles. The quantitative estimate of drug-likeness (QED) is 0.771. The molecular formula is C14H11ClN2S2. The van der Waals surface area contributed by atoms with E-state index >= 15 is 0 Å². The van der Waals surface area contributed by atoms with Gasteiger partial charge in [-0.1, -0.05) is 41.6 Å². The number of hydrogen-bond acceptors (Lipinski definition) is 4. The molecule has 96 valence electrons. The third kappa shape index (κ3) is 2.77. The van der Waals surface area contributed by atoms with E-state index in [4.69, 9.17) is 17.3 Å². The fourth-order valence-corrected chi connectivity index (χ4v) is 4.22. The maximum Gasteiger partial charge on any atom is 0.155 e. The van der Waals surface area contributed by atoms with Gasteiger partial charge >= 0.3 is 0 Å². The van der Waals surface area contributed by atoms with E-state index in [1.165, 1.54) is 4.70 Å². The number of thiazole rings is 1. The van der Waals surface area contributed by atoms with Gasteiger partial charge in [-0.15, -0.1) is 11.3 Å². The molecule has 3 aromatic rings. The Kier molecular flexibility index (Phi) is 3.75. The highest BCUT2D eigenvalue weighted by Gasteiger charge is 2.08. The Morgan fingerprint density at radius 1 is 1.21 bits per heavy atom. The van der Waals surface area contributed by atoms with Gasteiger partial charge < -0.3 is 5.73 Å². The average molecular weight is 307 g/mol. The molecule has 0 radical (unpaired) electrons. The minimum absolute atomic E-state index is 0.504. The molecule has 1 heterocycles. The first-order chi connectivity index (χ1) is 9.26. The topological polar surface area (TPSA) is 38.9 Å². The van der Waals surface area contributed by atoms with Crippen molar-refractivity contribution in [2.45, 2.75) is 15.8 Å². The van der Waals surface area contributed by atoms with Crippen LogP contribution in [0.15, 0.2) is 51.7 Å². The first-order valence-electron chi connectivity index (χ1n) is 5.78. The first kappa shape index (κ1) is 12.9. The van der Waals surface area contributed by atoms with Gasteiger partial charge in [0, 0.05) is 16.5 Å². The Labute approximate surface area is 124 Å². The molecule has 0 amide bonds. The second-order valence-corrected chi connectivity index (χ2v) is 6.76. The summed E-state index contributed by atoms with van der Waals surface area (Å²) >= 11 is 9.35. The molecule has 0 fully saturated rings. The Hall–Kier alpha value is -1.07. The van der Waals surface area contributed by atoms with Gasteiger partial charge in [0.05, 0.1) is 10.2 Å². The molecular weight excluding hydrogens is 296 g/mol. The lowest BCUT2D eigenvalue weighted by molar-refractivity contribution is 1.03. The van der Waals surface area contributed by atoms with Gasteiger partial charge in [-0.25, -0.2) is 4.98 Å². The highest BCUT2D eigenvalue weighted by Crippen LogP contribution is 2.36. The number of fused-ring (bicyclic) bond motifs is 1. The Bertz CT molecular complexity index is 691. The van der Waals surface area contributed by atoms with Crippen LogP contribution in [0.2, 0.25) is 5.02 Å². The van der Waals surface area contributed by atoms with Crippen LogP contribution in [-0.2, 0) is 6.54 Å². The van der Waals surface area contributed by atoms with Gasteiger partial charge in [0.1, 0.15) is 0 Å². The fraction of sp³-hybridized carbons (Fsp3) is 0.0714. The third-order valence-corrected chi connectivity index (χ3v) is 5.15. The van der Waals surface area contributed by atoms with E-state index in [0.29, 0.717) is 6.54 Å². The Balaban J connectivity index is 1.98. The molecule has 0 aliphatic rings. The fourth-order valence-electron chi connectivity index (χ4n) is 1.78. The molecule has 19 heavy (non-hydrogen) atoms. The molecule has 0 saturated carbocycles. The molecule has 0 saturated heterocycles. The van der Waals surface area contributed by atoms with E-state index in [1.807, 2.05) is 36.4 Å². The van der Waals surface area contributed by atoms with Crippen LogP contribution in [0.4, 0.5) is 0 Å². The van der Waals surface area contributed by atoms with Crippen molar-refractivity contribution >= 4 is 44.9 Å². The van der Waals surface area contributed by atoms with Crippen LogP contribution in [-0.4, -0.2) is 4.98 Å². The lowest BCUT2D eigenvalue weighted by atomic mass is 10.2. The summed E-state index contributed by atoms with van der Waals surface area (Å²) in [4.78, 5) is 5.69. The minimum Gasteiger partial charge on any atom is -0.326 e. The van der Waals surface area contributed by atoms with E-state index in [9.17, 15) is 0 Å². The lowest BCUT2D eigenvalue weighted by Crippen LogP contribution is -1.97. The Morgan fingerprint density at radius 3 is 2.84 bits per heavy atom. The molecule has 5 heteroatoms. The van der Waals surface area contributed by atoms with Crippen molar-refractivity contribution in [3.05, 3.63) is 53.1 Å². The molecule has 2 N–H and O–H groups in total. The third-order valence-electron chi connectivity index (χ3n) is 2.72. The van der Waals surface area contributed by atoms with Crippen molar-refractivity contribution in [2.24, 2.45) is 5.73 Å². The number of para-hydroxylation sites is 1. The van der Waals surface area contributed by atoms with Gasteiger partial charge in [-0.2, -0.15) is 0 Å². The minimum atomic E-state index is 0.504. The smallest absolute Gasteiger partial charge is 0.155 e. The number of nitrogens with two attached hydrogens (primary N) is 1. The summed E-state index contributed by atoms with van der Waals surface area (Å²) in [5.74, 6) is 0. The second kappa shape index (κ2) is 5.51. The number of benzene rings is 2. The van der Waals surface area contributed by atoms with Gasteiger partial charge in [0.2, 0.25) is 0 Å². The second-order valence-electron chi connectivity index (χ2n) is 4.01. The first-order valence-corrected chi connectivity index (χ1v) is 7.79. The molecule has 0 spiro atoms. The van der Waals surface area contributed by atoms with Crippen molar-refractivity contribution in [3.63, 3.8) is 0 Å². The van der Waals surface area contributed by atoms with Crippen molar-refractivity contribution in [2.75, 3.05) is 0 Å². The van der Waals surface area contributed by atoms with Crippen LogP contribution in [0.25, 0.3) is 10.2 Å². The number of halogens is 1. The van der Waals surface area contributed by atoms with Crippen molar-refractivity contribution in [1.29, 1.82) is 0 Å². The average Bonchev–Trinajstić information content (AvgIpc) is 2.81. The van der Waals surface area contributed by atoms with Crippen LogP contribution >= 0.6 is 34.7 Å². The number of rotatable bonds is 3. The SMILES string of the molecule is NCc1ccc(Cl)cc1Sc1nc2ccccc2s1. The molecule has 0 aliphatic heterocycles. The highest BCUT2D eigenvalue weighted by molar-refractivity contribution is 8.01. The van der Waals surface area contributed by atoms with Gasteiger partial charge in [0.25, 0.3) is 0 Å². The van der Waals surface area contributed by atoms with Crippen LogP contribution in [0.5, 0.6) is 0 Å². The predicted molar refractivity (Wildman–Crippen MR) is 83.1 cm³/mol. The maximum absolute atomic E-state index is 6.05. The van der Waals surface area contributed by atoms with E-state index in [2.05, 4.69) is 11.1 Å². The highest BCUT2D eigenvalue weighted by atomic mass is 35.5. The van der Waals surface area contributed by atoms with E-state index < -0.39 is 0 Å². The summed E-state index contributed by atoms with van der Waals surface area (Å²) < 4.78 is 2.21. The zero-order valence-electron chi connectivity index (χ0n) is 9.97. The van der Waals surface area contributed by atoms with E-state index in [0.717, 1.165) is 25.3 Å². The lowest BCUT2D eigenvalue weighted by Gasteiger charge is -2.05. The summed E-state index contributed by atoms with van der Waals surface area (Å²) in [6.45, 7) is 0.504. The Morgan fingerprint density at radius 2 is 2.05 bits per heavy atom. The van der Waals surface area contributed by atoms with Crippen LogP contribution in [0.3, 0.4) is 0 Å². The number of nitrogens with zero attached hydrogens (tertiary/aromatic N) is 1. The molecule has 0 bridgehead atoms. The largest absolute Gasteiger partial charge is 0.326 e. The van der Waals surface area contributed by atoms with E-state index in [1.54, 1.807) is 23.1 Å². The molecule has 1 aromatic heterocycles. The summed E-state index contributed by atoms with van der Waals surface area (Å²) in [7, 11) is 0. The normalized spacial score (nSPS) is 11.1. The summed E-state index contributed by atoms with van der Waals surface area (Å²) in [5.41, 5.74) is 7.88. The maximum atomic E-state index is 6.05. The van der Waals surface area contributed by atoms with Crippen molar-refractivity contribution < 1.29 is 0 Å². The molecule has 0 atom stereocenters. The standard InChI is InChI=1S/C14H11ClN2S2/c15-10-6-5-9(8-16)13(7-10)19-14-17-11-3-1-2-4-12(11)18-14/h1-7H,8,16H2. The van der Waals surface area contributed by atoms with Crippen LogP contribution in [0.1, 0.15) is 5.56 Å². The van der Waals surface area contributed by atoms with E-state index in [-0.39, 0.29) is 0 Å². The summed E-state index contributed by atoms with van der Waals surface area (Å²) in [6.07, 6.45) is 0. The van der Waals surface area contributed by atoms with Crippen LogP contribution < -0.4 is 5.73 Å². The van der Waals surface area contributed by atoms with Gasteiger partial charge in [0.15, 0.2) is 4.34 Å². The number of aromatic nitrogens is 1. The molecule has 0 unspecified atom stereocenters. The molecule has 3 rings (SSSR count). The summed E-state index contributed by atoms with van der Waals surface area (Å²) in [5, 5.41) is 0.723. The van der Waals surface area contributed by atoms with Crippen molar-refractivity contribution in [1.82, 2.24) is 4.98 Å².